The molecule has 4 nitrogen and oxygen atoms in total. The number of carbonyl (C=O) groups excluding carboxylic acids is 2. The van der Waals surface area contributed by atoms with Crippen molar-refractivity contribution in [1.29, 1.82) is 0 Å². The summed E-state index contributed by atoms with van der Waals surface area (Å²) in [6.07, 6.45) is -18.9. The van der Waals surface area contributed by atoms with Crippen LogP contribution in [0.25, 0.3) is 0 Å². The van der Waals surface area contributed by atoms with Gasteiger partial charge in [-0.1, -0.05) is 24.3 Å². The van der Waals surface area contributed by atoms with E-state index in [-0.39, 0.29) is 22.9 Å². The summed E-state index contributed by atoms with van der Waals surface area (Å²) in [5.41, 5.74) is -11.8. The second-order valence-corrected chi connectivity index (χ2v) is 9.05. The molecule has 0 aromatic heterocycles. The summed E-state index contributed by atoms with van der Waals surface area (Å²) in [5, 5.41) is 4.27. The van der Waals surface area contributed by atoms with Crippen LogP contribution in [0.4, 0.5) is 55.3 Å². The second kappa shape index (κ2) is 10.7. The van der Waals surface area contributed by atoms with Gasteiger partial charge >= 0.3 is 24.2 Å². The fourth-order valence-corrected chi connectivity index (χ4v) is 4.12. The van der Waals surface area contributed by atoms with Gasteiger partial charge in [-0.25, -0.2) is 4.39 Å². The molecule has 3 aromatic rings. The Labute approximate surface area is 226 Å². The number of halogens is 11. The molecule has 0 aliphatic heterocycles. The molecular formula is C24H13F10IN2O2. The van der Waals surface area contributed by atoms with Gasteiger partial charge in [0, 0.05) is 25.9 Å². The Morgan fingerprint density at radius 1 is 0.641 bits per heavy atom. The van der Waals surface area contributed by atoms with Gasteiger partial charge in [0.2, 0.25) is 0 Å². The highest BCUT2D eigenvalue weighted by atomic mass is 127. The molecule has 0 spiro atoms. The SMILES string of the molecule is O=C(Nc1cccc(C(=O)Nc2c(I)cc(C(F)(C(F)(F)F)C(F)(F)F)cc2C(F)(F)F)c1)c1ccccc1. The summed E-state index contributed by atoms with van der Waals surface area (Å²) >= 11 is 0.957. The minimum absolute atomic E-state index is 0.0511. The number of carbonyl (C=O) groups is 2. The molecule has 0 saturated heterocycles. The Morgan fingerprint density at radius 3 is 1.72 bits per heavy atom. The first-order valence-corrected chi connectivity index (χ1v) is 11.5. The number of alkyl halides is 10. The summed E-state index contributed by atoms with van der Waals surface area (Å²) in [4.78, 5) is 25.0. The molecule has 2 N–H and O–H groups in total. The Kier molecular flexibility index (Phi) is 8.24. The van der Waals surface area contributed by atoms with Crippen LogP contribution in [0.15, 0.2) is 66.7 Å². The number of benzene rings is 3. The zero-order valence-corrected chi connectivity index (χ0v) is 21.0. The van der Waals surface area contributed by atoms with Crippen molar-refractivity contribution in [1.82, 2.24) is 0 Å². The molecule has 0 saturated carbocycles. The molecule has 0 atom stereocenters. The van der Waals surface area contributed by atoms with Crippen molar-refractivity contribution in [3.8, 4) is 0 Å². The van der Waals surface area contributed by atoms with Crippen LogP contribution in [-0.2, 0) is 11.8 Å². The highest BCUT2D eigenvalue weighted by Gasteiger charge is 2.73. The summed E-state index contributed by atoms with van der Waals surface area (Å²) < 4.78 is 134. The van der Waals surface area contributed by atoms with Gasteiger partial charge < -0.3 is 10.6 Å². The van der Waals surface area contributed by atoms with Crippen LogP contribution in [0.1, 0.15) is 31.8 Å². The topological polar surface area (TPSA) is 58.2 Å². The average molecular weight is 678 g/mol. The first-order chi connectivity index (χ1) is 17.9. The lowest BCUT2D eigenvalue weighted by molar-refractivity contribution is -0.348. The van der Waals surface area contributed by atoms with Gasteiger partial charge in [-0.15, -0.1) is 0 Å². The molecule has 15 heteroatoms. The van der Waals surface area contributed by atoms with E-state index in [0.29, 0.717) is 0 Å². The lowest BCUT2D eigenvalue weighted by Crippen LogP contribution is -2.50. The molecule has 39 heavy (non-hydrogen) atoms. The van der Waals surface area contributed by atoms with Gasteiger partial charge in [0.1, 0.15) is 0 Å². The molecule has 208 valence electrons. The molecule has 0 radical (unpaired) electrons. The maximum Gasteiger partial charge on any atom is 0.435 e. The molecule has 0 unspecified atom stereocenters. The number of hydrogen-bond donors (Lipinski definition) is 2. The lowest BCUT2D eigenvalue weighted by atomic mass is 9.92. The average Bonchev–Trinajstić information content (AvgIpc) is 2.83. The molecule has 0 fully saturated rings. The monoisotopic (exact) mass is 678 g/mol. The van der Waals surface area contributed by atoms with E-state index in [4.69, 9.17) is 0 Å². The number of rotatable bonds is 5. The standard InChI is InChI=1S/C24H13F10IN2O2/c25-21(23(29,30)31,24(32,33)34)14-10-16(22(26,27)28)18(17(35)11-14)37-20(39)13-7-4-8-15(9-13)36-19(38)12-5-2-1-3-6-12/h1-11H,(H,36,38)(H,37,39). The van der Waals surface area contributed by atoms with Crippen molar-refractivity contribution in [3.05, 3.63) is 92.6 Å². The van der Waals surface area contributed by atoms with Crippen LogP contribution in [-0.4, -0.2) is 24.2 Å². The quantitative estimate of drug-likeness (QED) is 0.212. The highest BCUT2D eigenvalue weighted by molar-refractivity contribution is 14.1. The molecule has 3 aromatic carbocycles. The number of amides is 2. The predicted molar refractivity (Wildman–Crippen MR) is 128 cm³/mol. The van der Waals surface area contributed by atoms with Crippen LogP contribution < -0.4 is 10.6 Å². The first-order valence-electron chi connectivity index (χ1n) is 10.4. The van der Waals surface area contributed by atoms with E-state index in [9.17, 15) is 53.5 Å². The van der Waals surface area contributed by atoms with E-state index in [0.717, 1.165) is 34.7 Å². The molecule has 0 bridgehead atoms. The van der Waals surface area contributed by atoms with Gasteiger partial charge in [-0.05, 0) is 65.1 Å². The lowest BCUT2D eigenvalue weighted by Gasteiger charge is -2.31. The number of nitrogens with one attached hydrogen (secondary N) is 2. The molecule has 0 heterocycles. The Morgan fingerprint density at radius 2 is 1.18 bits per heavy atom. The fourth-order valence-electron chi connectivity index (χ4n) is 3.36. The van der Waals surface area contributed by atoms with Gasteiger partial charge in [0.15, 0.2) is 0 Å². The fraction of sp³-hybridized carbons (Fsp3) is 0.167. The van der Waals surface area contributed by atoms with Crippen LogP contribution >= 0.6 is 22.6 Å². The summed E-state index contributed by atoms with van der Waals surface area (Å²) in [6, 6.07) is 11.9. The normalized spacial score (nSPS) is 12.7. The van der Waals surface area contributed by atoms with E-state index >= 15 is 0 Å². The predicted octanol–water partition coefficient (Wildman–Crippen LogP) is 8.10. The zero-order chi connectivity index (χ0) is 29.4. The van der Waals surface area contributed by atoms with Crippen molar-refractivity contribution in [2.45, 2.75) is 24.2 Å². The largest absolute Gasteiger partial charge is 0.435 e. The Hall–Kier alpha value is -3.37. The smallest absolute Gasteiger partial charge is 0.322 e. The maximum atomic E-state index is 14.5. The van der Waals surface area contributed by atoms with Gasteiger partial charge in [0.05, 0.1) is 11.3 Å². The third kappa shape index (κ3) is 6.28. The van der Waals surface area contributed by atoms with E-state index < -0.39 is 62.5 Å². The van der Waals surface area contributed by atoms with Crippen LogP contribution in [0.2, 0.25) is 0 Å². The Bertz CT molecular complexity index is 1370. The van der Waals surface area contributed by atoms with Crippen molar-refractivity contribution in [2.24, 2.45) is 0 Å². The van der Waals surface area contributed by atoms with E-state index in [2.05, 4.69) is 5.32 Å². The van der Waals surface area contributed by atoms with Crippen molar-refractivity contribution < 1.29 is 53.5 Å². The zero-order valence-electron chi connectivity index (χ0n) is 18.8. The summed E-state index contributed by atoms with van der Waals surface area (Å²) in [6.45, 7) is 0. The van der Waals surface area contributed by atoms with Gasteiger partial charge in [0.25, 0.3) is 11.8 Å². The number of hydrogen-bond acceptors (Lipinski definition) is 2. The minimum atomic E-state index is -6.65. The van der Waals surface area contributed by atoms with Crippen LogP contribution in [0, 0.1) is 3.57 Å². The Balaban J connectivity index is 2.00. The highest BCUT2D eigenvalue weighted by Crippen LogP contribution is 2.54. The molecule has 0 aliphatic carbocycles. The van der Waals surface area contributed by atoms with Crippen molar-refractivity contribution >= 4 is 45.8 Å². The second-order valence-electron chi connectivity index (χ2n) is 7.89. The van der Waals surface area contributed by atoms with Crippen LogP contribution in [0.5, 0.6) is 0 Å². The summed E-state index contributed by atoms with van der Waals surface area (Å²) in [7, 11) is 0. The van der Waals surface area contributed by atoms with E-state index in [1.807, 2.05) is 0 Å². The number of anilines is 2. The third-order valence-electron chi connectivity index (χ3n) is 5.23. The van der Waals surface area contributed by atoms with E-state index in [1.54, 1.807) is 23.5 Å². The minimum Gasteiger partial charge on any atom is -0.322 e. The van der Waals surface area contributed by atoms with Crippen molar-refractivity contribution in [3.63, 3.8) is 0 Å². The van der Waals surface area contributed by atoms with Gasteiger partial charge in [-0.3, -0.25) is 9.59 Å². The maximum absolute atomic E-state index is 14.5. The van der Waals surface area contributed by atoms with Crippen molar-refractivity contribution in [2.75, 3.05) is 10.6 Å². The first kappa shape index (κ1) is 30.2. The third-order valence-corrected chi connectivity index (χ3v) is 6.08. The van der Waals surface area contributed by atoms with E-state index in [1.165, 1.54) is 24.3 Å². The molecular weight excluding hydrogens is 665 g/mol. The molecule has 3 rings (SSSR count). The summed E-state index contributed by atoms with van der Waals surface area (Å²) in [5.74, 6) is -1.83. The van der Waals surface area contributed by atoms with Gasteiger partial charge in [-0.2, -0.15) is 39.5 Å². The molecule has 0 aliphatic rings. The molecule has 2 amide bonds. The van der Waals surface area contributed by atoms with Crippen LogP contribution in [0.3, 0.4) is 0 Å².